The first-order valence-corrected chi connectivity index (χ1v) is 11.5. The fraction of sp³-hybridized carbons (Fsp3) is 0.542. The normalized spacial score (nSPS) is 14.5. The molecule has 0 heterocycles. The Morgan fingerprint density at radius 1 is 0.829 bits per heavy atom. The number of hydrogen-bond acceptors (Lipinski definition) is 6. The SMILES string of the molecule is CC(C)CC(N)C(=O)NC(C(=O)NC(CC(=O)O)C(=O)NC(Cc1ccccc1)C(=O)O)C(C)C. The average Bonchev–Trinajstić information content (AvgIpc) is 2.75. The Balaban J connectivity index is 2.97. The van der Waals surface area contributed by atoms with Crippen molar-refractivity contribution in [2.75, 3.05) is 0 Å². The Kier molecular flexibility index (Phi) is 11.9. The smallest absolute Gasteiger partial charge is 0.326 e. The van der Waals surface area contributed by atoms with E-state index in [1.54, 1.807) is 44.2 Å². The van der Waals surface area contributed by atoms with E-state index in [-0.39, 0.29) is 12.3 Å². The highest BCUT2D eigenvalue weighted by molar-refractivity contribution is 5.95. The average molecular weight is 493 g/mol. The zero-order valence-corrected chi connectivity index (χ0v) is 20.5. The molecule has 0 saturated carbocycles. The van der Waals surface area contributed by atoms with Crippen LogP contribution in [-0.4, -0.2) is 64.0 Å². The first-order valence-electron chi connectivity index (χ1n) is 11.5. The lowest BCUT2D eigenvalue weighted by Gasteiger charge is -2.26. The van der Waals surface area contributed by atoms with Crippen LogP contribution in [0.4, 0.5) is 0 Å². The van der Waals surface area contributed by atoms with Crippen LogP contribution in [0, 0.1) is 11.8 Å². The molecule has 0 saturated heterocycles. The topological polar surface area (TPSA) is 188 Å². The molecule has 7 N–H and O–H groups in total. The van der Waals surface area contributed by atoms with Crippen LogP contribution >= 0.6 is 0 Å². The molecule has 11 heteroatoms. The molecule has 1 rings (SSSR count). The number of rotatable bonds is 14. The zero-order chi connectivity index (χ0) is 26.7. The van der Waals surface area contributed by atoms with E-state index in [1.807, 2.05) is 13.8 Å². The number of carboxylic acid groups (broad SMARTS) is 2. The molecule has 0 fully saturated rings. The van der Waals surface area contributed by atoms with Crippen molar-refractivity contribution in [1.82, 2.24) is 16.0 Å². The van der Waals surface area contributed by atoms with Gasteiger partial charge in [-0.05, 0) is 23.8 Å². The van der Waals surface area contributed by atoms with Crippen molar-refractivity contribution in [3.8, 4) is 0 Å². The van der Waals surface area contributed by atoms with Gasteiger partial charge >= 0.3 is 11.9 Å². The largest absolute Gasteiger partial charge is 0.481 e. The third-order valence-electron chi connectivity index (χ3n) is 5.22. The molecule has 0 aliphatic rings. The van der Waals surface area contributed by atoms with Gasteiger partial charge in [0.2, 0.25) is 17.7 Å². The van der Waals surface area contributed by atoms with Crippen LogP contribution in [0.15, 0.2) is 30.3 Å². The molecule has 4 atom stereocenters. The lowest BCUT2D eigenvalue weighted by atomic mass is 10.00. The Bertz CT molecular complexity index is 889. The number of carbonyl (C=O) groups is 5. The Morgan fingerprint density at radius 2 is 1.40 bits per heavy atom. The summed E-state index contributed by atoms with van der Waals surface area (Å²) in [5.74, 6) is -5.21. The molecule has 194 valence electrons. The van der Waals surface area contributed by atoms with Gasteiger partial charge in [-0.15, -0.1) is 0 Å². The first kappa shape index (κ1) is 29.6. The number of aliphatic carboxylic acids is 2. The molecule has 0 aliphatic carbocycles. The molecule has 11 nitrogen and oxygen atoms in total. The highest BCUT2D eigenvalue weighted by Gasteiger charge is 2.33. The molecule has 1 aromatic carbocycles. The second-order valence-electron chi connectivity index (χ2n) is 9.21. The van der Waals surface area contributed by atoms with Gasteiger partial charge in [0.05, 0.1) is 12.5 Å². The van der Waals surface area contributed by atoms with E-state index >= 15 is 0 Å². The number of carboxylic acids is 2. The standard InChI is InChI=1S/C24H36N4O7/c1-13(2)10-16(25)21(31)28-20(14(3)4)23(33)26-17(12-19(29)30)22(32)27-18(24(34)35)11-15-8-6-5-7-9-15/h5-9,13-14,16-18,20H,10-12,25H2,1-4H3,(H,26,33)(H,27,32)(H,28,31)(H,29,30)(H,34,35). The highest BCUT2D eigenvalue weighted by atomic mass is 16.4. The number of nitrogens with two attached hydrogens (primary N) is 1. The summed E-state index contributed by atoms with van der Waals surface area (Å²) in [6.45, 7) is 7.14. The second kappa shape index (κ2) is 14.1. The summed E-state index contributed by atoms with van der Waals surface area (Å²) in [6.07, 6.45) is -0.407. The monoisotopic (exact) mass is 492 g/mol. The third kappa shape index (κ3) is 10.6. The van der Waals surface area contributed by atoms with Crippen molar-refractivity contribution in [2.24, 2.45) is 17.6 Å². The van der Waals surface area contributed by atoms with Crippen molar-refractivity contribution < 1.29 is 34.2 Å². The van der Waals surface area contributed by atoms with E-state index in [4.69, 9.17) is 5.73 Å². The maximum Gasteiger partial charge on any atom is 0.326 e. The predicted molar refractivity (Wildman–Crippen MR) is 128 cm³/mol. The molecule has 0 spiro atoms. The number of nitrogens with one attached hydrogen (secondary N) is 3. The van der Waals surface area contributed by atoms with Crippen LogP contribution in [0.2, 0.25) is 0 Å². The minimum atomic E-state index is -1.56. The van der Waals surface area contributed by atoms with Gasteiger partial charge in [0.15, 0.2) is 0 Å². The Hall–Kier alpha value is -3.47. The van der Waals surface area contributed by atoms with E-state index in [0.29, 0.717) is 12.0 Å². The number of hydrogen-bond donors (Lipinski definition) is 6. The molecule has 35 heavy (non-hydrogen) atoms. The van der Waals surface area contributed by atoms with E-state index in [0.717, 1.165) is 0 Å². The van der Waals surface area contributed by atoms with E-state index in [2.05, 4.69) is 16.0 Å². The third-order valence-corrected chi connectivity index (χ3v) is 5.22. The molecule has 0 aromatic heterocycles. The Labute approximate surface area is 204 Å². The zero-order valence-electron chi connectivity index (χ0n) is 20.5. The van der Waals surface area contributed by atoms with Crippen LogP contribution in [0.25, 0.3) is 0 Å². The fourth-order valence-corrected chi connectivity index (χ4v) is 3.38. The van der Waals surface area contributed by atoms with Crippen LogP contribution in [-0.2, 0) is 30.4 Å². The van der Waals surface area contributed by atoms with Gasteiger partial charge in [-0.25, -0.2) is 4.79 Å². The van der Waals surface area contributed by atoms with Crippen LogP contribution in [0.1, 0.15) is 46.1 Å². The summed E-state index contributed by atoms with van der Waals surface area (Å²) in [6, 6.07) is 3.77. The number of amides is 3. The van der Waals surface area contributed by atoms with Crippen molar-refractivity contribution in [3.63, 3.8) is 0 Å². The van der Waals surface area contributed by atoms with Crippen molar-refractivity contribution in [3.05, 3.63) is 35.9 Å². The fourth-order valence-electron chi connectivity index (χ4n) is 3.38. The summed E-state index contributed by atoms with van der Waals surface area (Å²) < 4.78 is 0. The lowest BCUT2D eigenvalue weighted by molar-refractivity contribution is -0.143. The van der Waals surface area contributed by atoms with Gasteiger partial charge in [0, 0.05) is 6.42 Å². The van der Waals surface area contributed by atoms with Gasteiger partial charge in [-0.1, -0.05) is 58.0 Å². The van der Waals surface area contributed by atoms with Gasteiger partial charge in [0.1, 0.15) is 18.1 Å². The van der Waals surface area contributed by atoms with Crippen molar-refractivity contribution >= 4 is 29.7 Å². The molecule has 0 bridgehead atoms. The van der Waals surface area contributed by atoms with Crippen LogP contribution in [0.3, 0.4) is 0 Å². The quantitative estimate of drug-likeness (QED) is 0.213. The molecule has 4 unspecified atom stereocenters. The van der Waals surface area contributed by atoms with Crippen LogP contribution < -0.4 is 21.7 Å². The number of benzene rings is 1. The number of carbonyl (C=O) groups excluding carboxylic acids is 3. The van der Waals surface area contributed by atoms with Gasteiger partial charge in [0.25, 0.3) is 0 Å². The van der Waals surface area contributed by atoms with E-state index in [1.165, 1.54) is 0 Å². The summed E-state index contributed by atoms with van der Waals surface area (Å²) in [7, 11) is 0. The summed E-state index contributed by atoms with van der Waals surface area (Å²) in [5.41, 5.74) is 6.54. The van der Waals surface area contributed by atoms with E-state index in [9.17, 15) is 34.2 Å². The van der Waals surface area contributed by atoms with E-state index < -0.39 is 66.2 Å². The Morgan fingerprint density at radius 3 is 1.89 bits per heavy atom. The lowest BCUT2D eigenvalue weighted by Crippen LogP contribution is -2.59. The molecule has 1 aromatic rings. The molecular weight excluding hydrogens is 456 g/mol. The van der Waals surface area contributed by atoms with Gasteiger partial charge in [-0.3, -0.25) is 19.2 Å². The van der Waals surface area contributed by atoms with Crippen LogP contribution in [0.5, 0.6) is 0 Å². The van der Waals surface area contributed by atoms with Gasteiger partial charge < -0.3 is 31.9 Å². The molecule has 0 radical (unpaired) electrons. The second-order valence-corrected chi connectivity index (χ2v) is 9.21. The molecular formula is C24H36N4O7. The molecule has 0 aliphatic heterocycles. The summed E-state index contributed by atoms with van der Waals surface area (Å²) in [4.78, 5) is 61.2. The highest BCUT2D eigenvalue weighted by Crippen LogP contribution is 2.08. The predicted octanol–water partition coefficient (Wildman–Crippen LogP) is 0.272. The maximum absolute atomic E-state index is 12.9. The maximum atomic E-state index is 12.9. The minimum Gasteiger partial charge on any atom is -0.481 e. The summed E-state index contributed by atoms with van der Waals surface area (Å²) in [5, 5.41) is 26.0. The van der Waals surface area contributed by atoms with Crippen molar-refractivity contribution in [2.45, 2.75) is 71.1 Å². The molecule has 3 amide bonds. The van der Waals surface area contributed by atoms with Crippen molar-refractivity contribution in [1.29, 1.82) is 0 Å². The summed E-state index contributed by atoms with van der Waals surface area (Å²) >= 11 is 0. The minimum absolute atomic E-state index is 0.0337. The van der Waals surface area contributed by atoms with Gasteiger partial charge in [-0.2, -0.15) is 0 Å². The first-order chi connectivity index (χ1) is 16.3.